The topological polar surface area (TPSA) is 75.3 Å². The van der Waals surface area contributed by atoms with Crippen molar-refractivity contribution >= 4 is 17.8 Å². The molecule has 2 N–H and O–H groups in total. The standard InChI is InChI=1S/C14H24N2O3/c1-3-5-7-9-14(10-8-6-4-2)11(17)15-13(19)16-12(14)18/h3-10H2,1-2H3,(H2,15,16,17,18,19). The molecule has 19 heavy (non-hydrogen) atoms. The van der Waals surface area contributed by atoms with Crippen LogP contribution in [0, 0.1) is 5.41 Å². The molecule has 5 nitrogen and oxygen atoms in total. The lowest BCUT2D eigenvalue weighted by Gasteiger charge is -2.34. The number of imide groups is 2. The Bertz CT molecular complexity index is 321. The van der Waals surface area contributed by atoms with Gasteiger partial charge in [-0.25, -0.2) is 4.79 Å². The van der Waals surface area contributed by atoms with E-state index in [9.17, 15) is 14.4 Å². The highest BCUT2D eigenvalue weighted by Crippen LogP contribution is 2.34. The minimum atomic E-state index is -1.04. The average Bonchev–Trinajstić information content (AvgIpc) is 2.35. The monoisotopic (exact) mass is 268 g/mol. The van der Waals surface area contributed by atoms with Crippen LogP contribution < -0.4 is 10.6 Å². The van der Waals surface area contributed by atoms with E-state index in [1.165, 1.54) is 0 Å². The zero-order valence-electron chi connectivity index (χ0n) is 11.9. The van der Waals surface area contributed by atoms with Crippen molar-refractivity contribution in [3.63, 3.8) is 0 Å². The molecule has 1 aliphatic rings. The van der Waals surface area contributed by atoms with Crippen LogP contribution in [0.3, 0.4) is 0 Å². The summed E-state index contributed by atoms with van der Waals surface area (Å²) >= 11 is 0. The normalized spacial score (nSPS) is 18.1. The highest BCUT2D eigenvalue weighted by atomic mass is 16.2. The fourth-order valence-corrected chi connectivity index (χ4v) is 2.51. The molecule has 1 fully saturated rings. The van der Waals surface area contributed by atoms with Crippen molar-refractivity contribution in [1.82, 2.24) is 10.6 Å². The highest BCUT2D eigenvalue weighted by Gasteiger charge is 2.48. The summed E-state index contributed by atoms with van der Waals surface area (Å²) in [5.41, 5.74) is -1.04. The summed E-state index contributed by atoms with van der Waals surface area (Å²) in [6.45, 7) is 4.16. The van der Waals surface area contributed by atoms with E-state index < -0.39 is 23.3 Å². The second-order valence-electron chi connectivity index (χ2n) is 5.23. The lowest BCUT2D eigenvalue weighted by Crippen LogP contribution is -2.62. The number of nitrogens with one attached hydrogen (secondary N) is 2. The first kappa shape index (κ1) is 15.7. The van der Waals surface area contributed by atoms with Gasteiger partial charge >= 0.3 is 6.03 Å². The van der Waals surface area contributed by atoms with Crippen LogP contribution in [0.15, 0.2) is 0 Å². The largest absolute Gasteiger partial charge is 0.328 e. The Morgan fingerprint density at radius 2 is 1.21 bits per heavy atom. The molecule has 1 aliphatic heterocycles. The smallest absolute Gasteiger partial charge is 0.277 e. The molecule has 0 aromatic rings. The molecule has 0 aromatic heterocycles. The molecule has 108 valence electrons. The summed E-state index contributed by atoms with van der Waals surface area (Å²) < 4.78 is 0. The van der Waals surface area contributed by atoms with Gasteiger partial charge in [-0.3, -0.25) is 20.2 Å². The zero-order valence-corrected chi connectivity index (χ0v) is 11.9. The number of carbonyl (C=O) groups is 3. The van der Waals surface area contributed by atoms with Crippen molar-refractivity contribution in [2.45, 2.75) is 65.2 Å². The van der Waals surface area contributed by atoms with E-state index in [1.54, 1.807) is 0 Å². The van der Waals surface area contributed by atoms with Gasteiger partial charge in [-0.05, 0) is 12.8 Å². The van der Waals surface area contributed by atoms with Gasteiger partial charge in [0.2, 0.25) is 11.8 Å². The number of unbranched alkanes of at least 4 members (excludes halogenated alkanes) is 4. The zero-order chi connectivity index (χ0) is 14.3. The molecule has 0 aromatic carbocycles. The van der Waals surface area contributed by atoms with E-state index in [-0.39, 0.29) is 0 Å². The fraction of sp³-hybridized carbons (Fsp3) is 0.786. The van der Waals surface area contributed by atoms with Gasteiger partial charge in [0.25, 0.3) is 0 Å². The molecule has 0 atom stereocenters. The van der Waals surface area contributed by atoms with E-state index in [1.807, 2.05) is 0 Å². The Kier molecular flexibility index (Phi) is 5.99. The molecule has 0 radical (unpaired) electrons. The van der Waals surface area contributed by atoms with Crippen molar-refractivity contribution in [2.24, 2.45) is 5.41 Å². The fourth-order valence-electron chi connectivity index (χ4n) is 2.51. The Labute approximate surface area is 114 Å². The molecule has 0 spiro atoms. The number of amides is 4. The van der Waals surface area contributed by atoms with Crippen LogP contribution in [0.4, 0.5) is 4.79 Å². The Hall–Kier alpha value is -1.39. The first-order valence-corrected chi connectivity index (χ1v) is 7.23. The maximum atomic E-state index is 12.1. The minimum absolute atomic E-state index is 0.423. The van der Waals surface area contributed by atoms with Crippen LogP contribution in [0.5, 0.6) is 0 Å². The second-order valence-corrected chi connectivity index (χ2v) is 5.23. The number of hydrogen-bond donors (Lipinski definition) is 2. The molecule has 1 heterocycles. The second kappa shape index (κ2) is 7.26. The molecular weight excluding hydrogens is 244 g/mol. The SMILES string of the molecule is CCCCCC1(CCCCC)C(=O)NC(=O)NC1=O. The molecule has 0 aliphatic carbocycles. The summed E-state index contributed by atoms with van der Waals surface area (Å²) in [5.74, 6) is -0.845. The third-order valence-electron chi connectivity index (χ3n) is 3.74. The summed E-state index contributed by atoms with van der Waals surface area (Å²) in [4.78, 5) is 35.4. The van der Waals surface area contributed by atoms with Gasteiger partial charge in [-0.15, -0.1) is 0 Å². The van der Waals surface area contributed by atoms with Gasteiger partial charge in [0, 0.05) is 0 Å². The Morgan fingerprint density at radius 1 is 0.789 bits per heavy atom. The van der Waals surface area contributed by atoms with E-state index in [0.29, 0.717) is 12.8 Å². The maximum Gasteiger partial charge on any atom is 0.328 e. The number of rotatable bonds is 8. The quantitative estimate of drug-likeness (QED) is 0.524. The molecular formula is C14H24N2O3. The molecule has 5 heteroatoms. The van der Waals surface area contributed by atoms with Crippen LogP contribution >= 0.6 is 0 Å². The first-order valence-electron chi connectivity index (χ1n) is 7.23. The van der Waals surface area contributed by atoms with E-state index >= 15 is 0 Å². The van der Waals surface area contributed by atoms with E-state index in [0.717, 1.165) is 38.5 Å². The molecule has 1 saturated heterocycles. The number of hydrogen-bond acceptors (Lipinski definition) is 3. The predicted molar refractivity (Wildman–Crippen MR) is 72.4 cm³/mol. The van der Waals surface area contributed by atoms with Gasteiger partial charge in [0.05, 0.1) is 0 Å². The van der Waals surface area contributed by atoms with Crippen molar-refractivity contribution in [2.75, 3.05) is 0 Å². The molecule has 1 rings (SSSR count). The number of urea groups is 1. The predicted octanol–water partition coefficient (Wildman–Crippen LogP) is 2.50. The van der Waals surface area contributed by atoms with Crippen molar-refractivity contribution < 1.29 is 14.4 Å². The molecule has 0 unspecified atom stereocenters. The first-order chi connectivity index (χ1) is 9.06. The Balaban J connectivity index is 2.79. The van der Waals surface area contributed by atoms with Crippen molar-refractivity contribution in [1.29, 1.82) is 0 Å². The van der Waals surface area contributed by atoms with Crippen LogP contribution in [-0.2, 0) is 9.59 Å². The van der Waals surface area contributed by atoms with Crippen LogP contribution in [-0.4, -0.2) is 17.8 Å². The van der Waals surface area contributed by atoms with E-state index in [2.05, 4.69) is 24.5 Å². The third kappa shape index (κ3) is 3.78. The van der Waals surface area contributed by atoms with Crippen molar-refractivity contribution in [3.8, 4) is 0 Å². The van der Waals surface area contributed by atoms with Crippen LogP contribution in [0.2, 0.25) is 0 Å². The lowest BCUT2D eigenvalue weighted by atomic mass is 9.75. The number of barbiturate groups is 1. The molecule has 0 bridgehead atoms. The van der Waals surface area contributed by atoms with Gasteiger partial charge < -0.3 is 0 Å². The highest BCUT2D eigenvalue weighted by molar-refractivity contribution is 6.19. The molecule has 4 amide bonds. The van der Waals surface area contributed by atoms with Crippen molar-refractivity contribution in [3.05, 3.63) is 0 Å². The van der Waals surface area contributed by atoms with Gasteiger partial charge in [0.1, 0.15) is 5.41 Å². The third-order valence-corrected chi connectivity index (χ3v) is 3.74. The average molecular weight is 268 g/mol. The van der Waals surface area contributed by atoms with Gasteiger partial charge in [-0.1, -0.05) is 52.4 Å². The summed E-state index contributed by atoms with van der Waals surface area (Å²) in [6.07, 6.45) is 6.76. The summed E-state index contributed by atoms with van der Waals surface area (Å²) in [7, 11) is 0. The lowest BCUT2D eigenvalue weighted by molar-refractivity contribution is -0.145. The van der Waals surface area contributed by atoms with Gasteiger partial charge in [0.15, 0.2) is 0 Å². The summed E-state index contributed by atoms with van der Waals surface area (Å²) in [5, 5.41) is 4.49. The summed E-state index contributed by atoms with van der Waals surface area (Å²) in [6, 6.07) is -0.698. The van der Waals surface area contributed by atoms with Crippen LogP contribution in [0.1, 0.15) is 65.2 Å². The molecule has 0 saturated carbocycles. The number of carbonyl (C=O) groups excluding carboxylic acids is 3. The van der Waals surface area contributed by atoms with Crippen LogP contribution in [0.25, 0.3) is 0 Å². The van der Waals surface area contributed by atoms with E-state index in [4.69, 9.17) is 0 Å². The van der Waals surface area contributed by atoms with Gasteiger partial charge in [-0.2, -0.15) is 0 Å². The Morgan fingerprint density at radius 3 is 1.58 bits per heavy atom. The minimum Gasteiger partial charge on any atom is -0.277 e. The maximum absolute atomic E-state index is 12.1.